The molecular formula is C12H13F3INO2. The molecule has 3 nitrogen and oxygen atoms in total. The van der Waals surface area contributed by atoms with Crippen LogP contribution in [0.4, 0.5) is 13.2 Å². The molecule has 0 aliphatic heterocycles. The maximum absolute atomic E-state index is 12.4. The SMILES string of the molecule is CCCN(CC(F)(F)F)C(=O)c1ccc(I)c(O)c1. The summed E-state index contributed by atoms with van der Waals surface area (Å²) in [5, 5.41) is 9.49. The van der Waals surface area contributed by atoms with Crippen LogP contribution in [0.15, 0.2) is 18.2 Å². The van der Waals surface area contributed by atoms with Gasteiger partial charge in [0.05, 0.1) is 3.57 Å². The molecule has 0 saturated heterocycles. The Morgan fingerprint density at radius 1 is 1.42 bits per heavy atom. The van der Waals surface area contributed by atoms with E-state index in [1.807, 2.05) is 22.6 Å². The molecule has 1 N–H and O–H groups in total. The lowest BCUT2D eigenvalue weighted by Crippen LogP contribution is -2.39. The molecule has 1 aromatic carbocycles. The number of phenolic OH excluding ortho intramolecular Hbond substituents is 1. The fourth-order valence-corrected chi connectivity index (χ4v) is 1.90. The molecule has 0 aliphatic rings. The lowest BCUT2D eigenvalue weighted by Gasteiger charge is -2.23. The van der Waals surface area contributed by atoms with E-state index in [2.05, 4.69) is 0 Å². The van der Waals surface area contributed by atoms with Gasteiger partial charge in [-0.05, 0) is 47.2 Å². The van der Waals surface area contributed by atoms with Gasteiger partial charge < -0.3 is 10.0 Å². The highest BCUT2D eigenvalue weighted by atomic mass is 127. The van der Waals surface area contributed by atoms with Crippen LogP contribution < -0.4 is 0 Å². The molecule has 0 radical (unpaired) electrons. The minimum absolute atomic E-state index is 0.0189. The van der Waals surface area contributed by atoms with Crippen molar-refractivity contribution >= 4 is 28.5 Å². The van der Waals surface area contributed by atoms with Gasteiger partial charge in [-0.25, -0.2) is 0 Å². The number of carbonyl (C=O) groups excluding carboxylic acids is 1. The summed E-state index contributed by atoms with van der Waals surface area (Å²) in [5.74, 6) is -0.846. The van der Waals surface area contributed by atoms with Gasteiger partial charge in [0, 0.05) is 12.1 Å². The summed E-state index contributed by atoms with van der Waals surface area (Å²) >= 11 is 1.87. The van der Waals surface area contributed by atoms with Crippen molar-refractivity contribution in [2.75, 3.05) is 13.1 Å². The number of phenols is 1. The Balaban J connectivity index is 2.95. The second-order valence-electron chi connectivity index (χ2n) is 4.01. The number of benzene rings is 1. The fourth-order valence-electron chi connectivity index (χ4n) is 1.57. The van der Waals surface area contributed by atoms with Crippen molar-refractivity contribution in [1.82, 2.24) is 4.90 Å². The smallest absolute Gasteiger partial charge is 0.406 e. The fraction of sp³-hybridized carbons (Fsp3) is 0.417. The first-order valence-corrected chi connectivity index (χ1v) is 6.67. The van der Waals surface area contributed by atoms with E-state index in [-0.39, 0.29) is 17.9 Å². The average molecular weight is 387 g/mol. The van der Waals surface area contributed by atoms with E-state index in [9.17, 15) is 23.1 Å². The molecule has 0 spiro atoms. The van der Waals surface area contributed by atoms with Crippen molar-refractivity contribution in [1.29, 1.82) is 0 Å². The number of amides is 1. The second-order valence-corrected chi connectivity index (χ2v) is 5.17. The van der Waals surface area contributed by atoms with Crippen molar-refractivity contribution in [2.24, 2.45) is 0 Å². The Bertz CT molecular complexity index is 463. The number of carbonyl (C=O) groups is 1. The molecule has 1 aromatic rings. The number of nitrogens with zero attached hydrogens (tertiary/aromatic N) is 1. The van der Waals surface area contributed by atoms with Gasteiger partial charge in [0.15, 0.2) is 0 Å². The van der Waals surface area contributed by atoms with Crippen LogP contribution in [0.3, 0.4) is 0 Å². The first-order chi connectivity index (χ1) is 8.74. The Labute approximate surface area is 122 Å². The molecule has 106 valence electrons. The largest absolute Gasteiger partial charge is 0.507 e. The third-order valence-electron chi connectivity index (χ3n) is 2.34. The van der Waals surface area contributed by atoms with E-state index in [1.165, 1.54) is 18.2 Å². The monoisotopic (exact) mass is 387 g/mol. The van der Waals surface area contributed by atoms with E-state index < -0.39 is 18.6 Å². The molecule has 0 bridgehead atoms. The first kappa shape index (κ1) is 16.1. The summed E-state index contributed by atoms with van der Waals surface area (Å²) in [6.07, 6.45) is -4.01. The summed E-state index contributed by atoms with van der Waals surface area (Å²) in [4.78, 5) is 12.7. The molecule has 7 heteroatoms. The quantitative estimate of drug-likeness (QED) is 0.805. The van der Waals surface area contributed by atoms with E-state index in [0.717, 1.165) is 4.90 Å². The van der Waals surface area contributed by atoms with E-state index >= 15 is 0 Å². The summed E-state index contributed by atoms with van der Waals surface area (Å²) in [5.41, 5.74) is 0.0515. The molecule has 0 atom stereocenters. The van der Waals surface area contributed by atoms with Crippen LogP contribution in [0.2, 0.25) is 0 Å². The highest BCUT2D eigenvalue weighted by Gasteiger charge is 2.33. The number of hydrogen-bond donors (Lipinski definition) is 1. The van der Waals surface area contributed by atoms with Crippen molar-refractivity contribution in [3.05, 3.63) is 27.3 Å². The zero-order valence-electron chi connectivity index (χ0n) is 10.2. The van der Waals surface area contributed by atoms with Gasteiger partial charge in [-0.2, -0.15) is 13.2 Å². The highest BCUT2D eigenvalue weighted by Crippen LogP contribution is 2.23. The maximum atomic E-state index is 12.4. The molecule has 1 amide bonds. The Morgan fingerprint density at radius 2 is 2.05 bits per heavy atom. The van der Waals surface area contributed by atoms with Crippen LogP contribution in [-0.2, 0) is 0 Å². The van der Waals surface area contributed by atoms with Gasteiger partial charge in [-0.15, -0.1) is 0 Å². The number of alkyl halides is 3. The average Bonchev–Trinajstić information content (AvgIpc) is 2.29. The number of aromatic hydroxyl groups is 1. The highest BCUT2D eigenvalue weighted by molar-refractivity contribution is 14.1. The van der Waals surface area contributed by atoms with Crippen LogP contribution in [0.5, 0.6) is 5.75 Å². The molecule has 0 aromatic heterocycles. The van der Waals surface area contributed by atoms with Crippen molar-refractivity contribution in [3.63, 3.8) is 0 Å². The van der Waals surface area contributed by atoms with Gasteiger partial charge in [-0.3, -0.25) is 4.79 Å². The van der Waals surface area contributed by atoms with Gasteiger partial charge >= 0.3 is 6.18 Å². The number of rotatable bonds is 4. The topological polar surface area (TPSA) is 40.5 Å². The Kier molecular flexibility index (Phi) is 5.45. The number of hydrogen-bond acceptors (Lipinski definition) is 2. The summed E-state index contributed by atoms with van der Waals surface area (Å²) in [6, 6.07) is 4.08. The predicted octanol–water partition coefficient (Wildman–Crippen LogP) is 3.41. The van der Waals surface area contributed by atoms with Crippen LogP contribution in [-0.4, -0.2) is 35.2 Å². The summed E-state index contributed by atoms with van der Waals surface area (Å²) in [6.45, 7) is 0.430. The van der Waals surface area contributed by atoms with Crippen LogP contribution in [0, 0.1) is 3.57 Å². The minimum atomic E-state index is -4.43. The molecule has 0 fully saturated rings. The van der Waals surface area contributed by atoms with Gasteiger partial charge in [0.1, 0.15) is 12.3 Å². The van der Waals surface area contributed by atoms with Crippen LogP contribution in [0.1, 0.15) is 23.7 Å². The van der Waals surface area contributed by atoms with E-state index in [4.69, 9.17) is 0 Å². The van der Waals surface area contributed by atoms with Crippen molar-refractivity contribution in [2.45, 2.75) is 19.5 Å². The van der Waals surface area contributed by atoms with Crippen LogP contribution >= 0.6 is 22.6 Å². The standard InChI is InChI=1S/C12H13F3INO2/c1-2-5-17(7-12(13,14)15)11(19)8-3-4-9(16)10(18)6-8/h3-4,6,18H,2,5,7H2,1H3. The minimum Gasteiger partial charge on any atom is -0.507 e. The molecule has 1 rings (SSSR count). The molecule has 0 heterocycles. The Morgan fingerprint density at radius 3 is 2.53 bits per heavy atom. The lowest BCUT2D eigenvalue weighted by molar-refractivity contribution is -0.140. The predicted molar refractivity (Wildman–Crippen MR) is 73.1 cm³/mol. The molecule has 19 heavy (non-hydrogen) atoms. The molecule has 0 unspecified atom stereocenters. The zero-order chi connectivity index (χ0) is 14.6. The van der Waals surface area contributed by atoms with E-state index in [1.54, 1.807) is 6.92 Å². The normalized spacial score (nSPS) is 11.4. The second kappa shape index (κ2) is 6.44. The van der Waals surface area contributed by atoms with Crippen molar-refractivity contribution < 1.29 is 23.1 Å². The van der Waals surface area contributed by atoms with Gasteiger partial charge in [0.25, 0.3) is 5.91 Å². The number of halogens is 4. The molecule has 0 aliphatic carbocycles. The summed E-state index contributed by atoms with van der Waals surface area (Å²) in [7, 11) is 0. The zero-order valence-corrected chi connectivity index (χ0v) is 12.3. The van der Waals surface area contributed by atoms with E-state index in [0.29, 0.717) is 9.99 Å². The van der Waals surface area contributed by atoms with Crippen molar-refractivity contribution in [3.8, 4) is 5.75 Å². The summed E-state index contributed by atoms with van der Waals surface area (Å²) < 4.78 is 37.7. The third kappa shape index (κ3) is 4.88. The van der Waals surface area contributed by atoms with Crippen LogP contribution in [0.25, 0.3) is 0 Å². The van der Waals surface area contributed by atoms with Gasteiger partial charge in [-0.1, -0.05) is 6.92 Å². The molecular weight excluding hydrogens is 374 g/mol. The Hall–Kier alpha value is -0.990. The third-order valence-corrected chi connectivity index (χ3v) is 3.26. The maximum Gasteiger partial charge on any atom is 0.406 e. The molecule has 0 saturated carbocycles. The lowest BCUT2D eigenvalue weighted by atomic mass is 10.2. The first-order valence-electron chi connectivity index (χ1n) is 5.59. The van der Waals surface area contributed by atoms with Gasteiger partial charge in [0.2, 0.25) is 0 Å².